The molecule has 3 unspecified atom stereocenters. The van der Waals surface area contributed by atoms with Gasteiger partial charge in [-0.05, 0) is 63.5 Å². The molecule has 0 spiro atoms. The number of carbonyl (C=O) groups excluding carboxylic acids is 1. The van der Waals surface area contributed by atoms with Crippen LogP contribution in [-0.2, 0) is 0 Å². The maximum Gasteiger partial charge on any atom is 0.287 e. The minimum atomic E-state index is -0.507. The number of amides is 1. The van der Waals surface area contributed by atoms with E-state index >= 15 is 0 Å². The summed E-state index contributed by atoms with van der Waals surface area (Å²) in [6.45, 7) is 0. The molecule has 3 atom stereocenters. The summed E-state index contributed by atoms with van der Waals surface area (Å²) < 4.78 is 5.85. The maximum absolute atomic E-state index is 12.8. The Labute approximate surface area is 196 Å². The fourth-order valence-electron chi connectivity index (χ4n) is 3.36. The maximum atomic E-state index is 12.8. The zero-order chi connectivity index (χ0) is 21.3. The van der Waals surface area contributed by atoms with Crippen LogP contribution >= 0.6 is 50.7 Å². The molecule has 2 heterocycles. The Morgan fingerprint density at radius 3 is 2.43 bits per heavy atom. The van der Waals surface area contributed by atoms with Crippen LogP contribution in [-0.4, -0.2) is 11.9 Å². The van der Waals surface area contributed by atoms with E-state index in [4.69, 9.17) is 39.2 Å². The molecule has 0 saturated carbocycles. The van der Waals surface area contributed by atoms with Crippen LogP contribution < -0.4 is 5.32 Å². The van der Waals surface area contributed by atoms with Gasteiger partial charge in [0.25, 0.3) is 5.91 Å². The lowest BCUT2D eigenvalue weighted by Crippen LogP contribution is -2.35. The van der Waals surface area contributed by atoms with Gasteiger partial charge in [-0.2, -0.15) is 10.2 Å². The first-order chi connectivity index (χ1) is 14.4. The molecule has 1 N–H and O–H groups in total. The number of nitrogens with zero attached hydrogens (tertiary/aromatic N) is 2. The molecule has 1 amide bonds. The van der Waals surface area contributed by atoms with Crippen LogP contribution in [0.25, 0.3) is 0 Å². The molecule has 0 bridgehead atoms. The van der Waals surface area contributed by atoms with Crippen LogP contribution in [0.3, 0.4) is 0 Å². The number of furan rings is 1. The highest BCUT2D eigenvalue weighted by atomic mass is 79.9. The summed E-state index contributed by atoms with van der Waals surface area (Å²) in [5.41, 5.74) is 1.72. The molecule has 3 aromatic rings. The van der Waals surface area contributed by atoms with E-state index in [1.54, 1.807) is 30.3 Å². The Morgan fingerprint density at radius 1 is 1.03 bits per heavy atom. The number of nitrogens with one attached hydrogen (secondary N) is 1. The van der Waals surface area contributed by atoms with Crippen molar-refractivity contribution >= 4 is 56.6 Å². The summed E-state index contributed by atoms with van der Waals surface area (Å²) in [6, 6.07) is 15.0. The van der Waals surface area contributed by atoms with Gasteiger partial charge in [0.1, 0.15) is 0 Å². The second-order valence-corrected chi connectivity index (χ2v) is 8.88. The monoisotopic (exact) mass is 525 g/mol. The molecule has 154 valence electrons. The third-order valence-corrected chi connectivity index (χ3v) is 6.08. The number of halogens is 4. The lowest BCUT2D eigenvalue weighted by Gasteiger charge is -2.24. The standard InChI is InChI=1S/C21H15BrCl3N3O2/c22-19-8-7-18(30-19)21(29)26-20(14-6-5-13(24)9-15(14)25)17-10-16(27-28-17)11-1-3-12(23)4-2-11/h1-9,16-17,20H,10H2,(H,26,29). The van der Waals surface area contributed by atoms with Gasteiger partial charge in [-0.25, -0.2) is 0 Å². The van der Waals surface area contributed by atoms with Crippen molar-refractivity contribution in [1.82, 2.24) is 5.32 Å². The number of hydrogen-bond donors (Lipinski definition) is 1. The zero-order valence-corrected chi connectivity index (χ0v) is 19.2. The quantitative estimate of drug-likeness (QED) is 0.375. The minimum absolute atomic E-state index is 0.129. The average molecular weight is 528 g/mol. The predicted molar refractivity (Wildman–Crippen MR) is 121 cm³/mol. The van der Waals surface area contributed by atoms with E-state index < -0.39 is 6.04 Å². The molecule has 2 aromatic carbocycles. The number of rotatable bonds is 5. The van der Waals surface area contributed by atoms with Crippen molar-refractivity contribution in [3.8, 4) is 0 Å². The molecule has 5 nitrogen and oxygen atoms in total. The molecule has 30 heavy (non-hydrogen) atoms. The van der Waals surface area contributed by atoms with Gasteiger partial charge in [0.05, 0.1) is 18.1 Å². The minimum Gasteiger partial charge on any atom is -0.444 e. The Bertz CT molecular complexity index is 1100. The van der Waals surface area contributed by atoms with Gasteiger partial charge < -0.3 is 9.73 Å². The Balaban J connectivity index is 1.61. The van der Waals surface area contributed by atoms with E-state index in [0.717, 1.165) is 5.56 Å². The first kappa shape index (κ1) is 21.4. The molecule has 0 radical (unpaired) electrons. The highest BCUT2D eigenvalue weighted by molar-refractivity contribution is 9.10. The lowest BCUT2D eigenvalue weighted by atomic mass is 9.93. The van der Waals surface area contributed by atoms with Gasteiger partial charge in [0.2, 0.25) is 0 Å². The van der Waals surface area contributed by atoms with E-state index in [9.17, 15) is 4.79 Å². The molecule has 9 heteroatoms. The largest absolute Gasteiger partial charge is 0.444 e. The normalized spacial score (nSPS) is 19.1. The van der Waals surface area contributed by atoms with Crippen molar-refractivity contribution in [3.05, 3.63) is 91.2 Å². The van der Waals surface area contributed by atoms with Gasteiger partial charge >= 0.3 is 0 Å². The molecular formula is C21H15BrCl3N3O2. The smallest absolute Gasteiger partial charge is 0.287 e. The van der Waals surface area contributed by atoms with Crippen LogP contribution in [0.4, 0.5) is 0 Å². The summed E-state index contributed by atoms with van der Waals surface area (Å²) in [4.78, 5) is 12.8. The van der Waals surface area contributed by atoms with Crippen molar-refractivity contribution in [2.75, 3.05) is 0 Å². The summed E-state index contributed by atoms with van der Waals surface area (Å²) in [7, 11) is 0. The van der Waals surface area contributed by atoms with Crippen molar-refractivity contribution in [3.63, 3.8) is 0 Å². The van der Waals surface area contributed by atoms with Crippen molar-refractivity contribution in [2.45, 2.75) is 24.5 Å². The SMILES string of the molecule is O=C(NC(c1ccc(Cl)cc1Cl)C1CC(c2ccc(Cl)cc2)N=N1)c1ccc(Br)o1. The molecule has 4 rings (SSSR count). The van der Waals surface area contributed by atoms with Gasteiger partial charge in [0.15, 0.2) is 10.4 Å². The van der Waals surface area contributed by atoms with Crippen LogP contribution in [0.1, 0.15) is 40.2 Å². The van der Waals surface area contributed by atoms with Crippen LogP contribution in [0.2, 0.25) is 15.1 Å². The molecule has 0 aliphatic carbocycles. The topological polar surface area (TPSA) is 67.0 Å². The number of azo groups is 1. The van der Waals surface area contributed by atoms with Crippen LogP contribution in [0.15, 0.2) is 73.9 Å². The van der Waals surface area contributed by atoms with Gasteiger partial charge in [-0.1, -0.05) is 53.0 Å². The van der Waals surface area contributed by atoms with Crippen molar-refractivity contribution in [1.29, 1.82) is 0 Å². The zero-order valence-electron chi connectivity index (χ0n) is 15.4. The molecule has 1 aromatic heterocycles. The second kappa shape index (κ2) is 9.10. The summed E-state index contributed by atoms with van der Waals surface area (Å²) in [5, 5.41) is 13.5. The van der Waals surface area contributed by atoms with E-state index in [-0.39, 0.29) is 23.8 Å². The van der Waals surface area contributed by atoms with E-state index in [2.05, 4.69) is 31.5 Å². The predicted octanol–water partition coefficient (Wildman–Crippen LogP) is 7.44. The second-order valence-electron chi connectivity index (χ2n) is 6.82. The highest BCUT2D eigenvalue weighted by Crippen LogP contribution is 2.38. The molecular weight excluding hydrogens is 513 g/mol. The van der Waals surface area contributed by atoms with Crippen LogP contribution in [0.5, 0.6) is 0 Å². The fraction of sp³-hybridized carbons (Fsp3) is 0.190. The first-order valence-corrected chi connectivity index (χ1v) is 11.0. The third kappa shape index (κ3) is 4.72. The van der Waals surface area contributed by atoms with E-state index in [1.165, 1.54) is 0 Å². The Morgan fingerprint density at radius 2 is 1.77 bits per heavy atom. The average Bonchev–Trinajstić information content (AvgIpc) is 3.36. The first-order valence-electron chi connectivity index (χ1n) is 9.07. The number of benzene rings is 2. The Hall–Kier alpha value is -1.86. The van der Waals surface area contributed by atoms with E-state index in [1.807, 2.05) is 24.3 Å². The number of carbonyl (C=O) groups is 1. The third-order valence-electron chi connectivity index (χ3n) is 4.84. The van der Waals surface area contributed by atoms with Gasteiger partial charge in [-0.3, -0.25) is 4.79 Å². The highest BCUT2D eigenvalue weighted by Gasteiger charge is 2.34. The summed E-state index contributed by atoms with van der Waals surface area (Å²) in [6.07, 6.45) is 0.605. The molecule has 1 aliphatic rings. The van der Waals surface area contributed by atoms with Crippen molar-refractivity contribution < 1.29 is 9.21 Å². The van der Waals surface area contributed by atoms with Gasteiger partial charge in [0, 0.05) is 21.5 Å². The molecule has 1 aliphatic heterocycles. The Kier molecular flexibility index (Phi) is 6.48. The molecule has 0 fully saturated rings. The summed E-state index contributed by atoms with van der Waals surface area (Å²) >= 11 is 21.7. The van der Waals surface area contributed by atoms with Gasteiger partial charge in [-0.15, -0.1) is 0 Å². The van der Waals surface area contributed by atoms with Crippen LogP contribution in [0, 0.1) is 0 Å². The molecule has 0 saturated heterocycles. The van der Waals surface area contributed by atoms with E-state index in [0.29, 0.717) is 31.7 Å². The summed E-state index contributed by atoms with van der Waals surface area (Å²) in [5.74, 6) is -0.192. The number of hydrogen-bond acceptors (Lipinski definition) is 4. The van der Waals surface area contributed by atoms with Crippen molar-refractivity contribution in [2.24, 2.45) is 10.2 Å². The fourth-order valence-corrected chi connectivity index (χ4v) is 4.32. The lowest BCUT2D eigenvalue weighted by molar-refractivity contribution is 0.0901.